The lowest BCUT2D eigenvalue weighted by Crippen LogP contribution is -2.49. The van der Waals surface area contributed by atoms with Crippen molar-refractivity contribution in [2.75, 3.05) is 26.2 Å². The maximum absolute atomic E-state index is 12.7. The molecule has 1 amide bonds. The summed E-state index contributed by atoms with van der Waals surface area (Å²) < 4.78 is 1.25. The molecular weight excluding hydrogens is 310 g/mol. The molecule has 126 valence electrons. The molecule has 1 N–H and O–H groups in total. The number of aromatic amines is 1. The third kappa shape index (κ3) is 2.52. The Morgan fingerprint density at radius 2 is 1.88 bits per heavy atom. The molecule has 0 atom stereocenters. The lowest BCUT2D eigenvalue weighted by molar-refractivity contribution is 0.0622. The zero-order chi connectivity index (χ0) is 16.8. The number of nitrogens with one attached hydrogen (secondary N) is 1. The minimum Gasteiger partial charge on any atom is -0.335 e. The first-order chi connectivity index (χ1) is 11.5. The minimum absolute atomic E-state index is 0.153. The van der Waals surface area contributed by atoms with Gasteiger partial charge in [-0.15, -0.1) is 0 Å². The van der Waals surface area contributed by atoms with Crippen LogP contribution in [0.15, 0.2) is 21.7 Å². The van der Waals surface area contributed by atoms with E-state index in [2.05, 4.69) is 14.9 Å². The van der Waals surface area contributed by atoms with Crippen molar-refractivity contribution < 1.29 is 4.79 Å². The summed E-state index contributed by atoms with van der Waals surface area (Å²) in [5.41, 5.74) is -0.533. The van der Waals surface area contributed by atoms with Gasteiger partial charge in [-0.05, 0) is 25.0 Å². The van der Waals surface area contributed by atoms with E-state index in [4.69, 9.17) is 0 Å². The molecule has 2 aliphatic rings. The number of fused-ring (bicyclic) bond motifs is 1. The minimum atomic E-state index is -0.539. The maximum Gasteiger partial charge on any atom is 0.329 e. The molecule has 0 bridgehead atoms. The number of hydrogen-bond acceptors (Lipinski definition) is 5. The average molecular weight is 329 g/mol. The van der Waals surface area contributed by atoms with E-state index in [0.717, 1.165) is 13.1 Å². The van der Waals surface area contributed by atoms with Crippen LogP contribution in [0.25, 0.3) is 11.0 Å². The van der Waals surface area contributed by atoms with Gasteiger partial charge >= 0.3 is 5.69 Å². The average Bonchev–Trinajstić information content (AvgIpc) is 3.44. The van der Waals surface area contributed by atoms with Gasteiger partial charge in [-0.2, -0.15) is 0 Å². The number of aromatic nitrogens is 3. The number of piperazine rings is 1. The number of carbonyl (C=O) groups is 1. The fraction of sp³-hybridized carbons (Fsp3) is 0.500. The first kappa shape index (κ1) is 15.1. The highest BCUT2D eigenvalue weighted by molar-refractivity contribution is 5.94. The topological polar surface area (TPSA) is 91.3 Å². The first-order valence-electron chi connectivity index (χ1n) is 8.18. The van der Waals surface area contributed by atoms with Crippen LogP contribution in [0.4, 0.5) is 0 Å². The molecule has 8 nitrogen and oxygen atoms in total. The quantitative estimate of drug-likeness (QED) is 0.805. The van der Waals surface area contributed by atoms with Gasteiger partial charge in [0.1, 0.15) is 11.3 Å². The summed E-state index contributed by atoms with van der Waals surface area (Å²) in [6.07, 6.45) is 2.53. The summed E-state index contributed by atoms with van der Waals surface area (Å²) >= 11 is 0. The molecule has 2 fully saturated rings. The van der Waals surface area contributed by atoms with Crippen molar-refractivity contribution in [3.05, 3.63) is 38.7 Å². The van der Waals surface area contributed by atoms with Crippen LogP contribution in [0.5, 0.6) is 0 Å². The number of pyridine rings is 1. The lowest BCUT2D eigenvalue weighted by Gasteiger charge is -2.34. The fourth-order valence-electron chi connectivity index (χ4n) is 3.24. The second-order valence-electron chi connectivity index (χ2n) is 6.45. The Bertz CT molecular complexity index is 919. The van der Waals surface area contributed by atoms with Crippen LogP contribution >= 0.6 is 0 Å². The number of carbonyl (C=O) groups excluding carboxylic acids is 1. The predicted molar refractivity (Wildman–Crippen MR) is 88.1 cm³/mol. The Labute approximate surface area is 137 Å². The van der Waals surface area contributed by atoms with Crippen LogP contribution in [-0.4, -0.2) is 62.5 Å². The highest BCUT2D eigenvalue weighted by atomic mass is 16.2. The van der Waals surface area contributed by atoms with Crippen LogP contribution in [0.2, 0.25) is 0 Å². The molecule has 2 aromatic rings. The van der Waals surface area contributed by atoms with Gasteiger partial charge in [0.2, 0.25) is 0 Å². The van der Waals surface area contributed by atoms with E-state index in [9.17, 15) is 14.4 Å². The van der Waals surface area contributed by atoms with Gasteiger partial charge in [0.25, 0.3) is 11.5 Å². The van der Waals surface area contributed by atoms with E-state index in [1.165, 1.54) is 24.5 Å². The highest BCUT2D eigenvalue weighted by Crippen LogP contribution is 2.27. The third-order valence-corrected chi connectivity index (χ3v) is 4.85. The van der Waals surface area contributed by atoms with Crippen LogP contribution in [0.3, 0.4) is 0 Å². The highest BCUT2D eigenvalue weighted by Gasteiger charge is 2.32. The molecule has 0 unspecified atom stereocenters. The van der Waals surface area contributed by atoms with Gasteiger partial charge < -0.3 is 4.90 Å². The molecule has 1 aliphatic heterocycles. The van der Waals surface area contributed by atoms with E-state index in [1.807, 2.05) is 0 Å². The van der Waals surface area contributed by atoms with E-state index in [-0.39, 0.29) is 17.2 Å². The summed E-state index contributed by atoms with van der Waals surface area (Å²) in [7, 11) is 1.52. The summed E-state index contributed by atoms with van der Waals surface area (Å²) in [6.45, 7) is 3.15. The molecule has 3 heterocycles. The number of hydrogen-bond donors (Lipinski definition) is 1. The van der Waals surface area contributed by atoms with Gasteiger partial charge in [0.15, 0.2) is 0 Å². The molecule has 24 heavy (non-hydrogen) atoms. The van der Waals surface area contributed by atoms with Crippen molar-refractivity contribution in [2.24, 2.45) is 7.05 Å². The number of H-pyrrole nitrogens is 1. The summed E-state index contributed by atoms with van der Waals surface area (Å²) in [5, 5.41) is 0.298. The number of amides is 1. The van der Waals surface area contributed by atoms with Gasteiger partial charge in [-0.1, -0.05) is 0 Å². The monoisotopic (exact) mass is 329 g/mol. The van der Waals surface area contributed by atoms with Crippen LogP contribution in [-0.2, 0) is 7.05 Å². The molecule has 1 saturated carbocycles. The second kappa shape index (κ2) is 5.55. The van der Waals surface area contributed by atoms with Gasteiger partial charge in [0.05, 0.1) is 5.39 Å². The summed E-state index contributed by atoms with van der Waals surface area (Å²) in [5.74, 6) is -0.153. The molecule has 4 rings (SSSR count). The lowest BCUT2D eigenvalue weighted by atomic mass is 10.2. The Kier molecular flexibility index (Phi) is 3.49. The SMILES string of the molecule is Cn1c(=O)[nH]c(=O)c2ccc(C(=O)N3CCN(C4CC4)CC3)nc21. The number of aryl methyl sites for hydroxylation is 1. The molecule has 0 spiro atoms. The largest absolute Gasteiger partial charge is 0.335 e. The second-order valence-corrected chi connectivity index (χ2v) is 6.45. The fourth-order valence-corrected chi connectivity index (χ4v) is 3.24. The van der Waals surface area contributed by atoms with Crippen molar-refractivity contribution >= 4 is 16.9 Å². The van der Waals surface area contributed by atoms with Crippen molar-refractivity contribution in [1.82, 2.24) is 24.3 Å². The maximum atomic E-state index is 12.7. The Hall–Kier alpha value is -2.48. The number of rotatable bonds is 2. The zero-order valence-electron chi connectivity index (χ0n) is 13.5. The van der Waals surface area contributed by atoms with Crippen molar-refractivity contribution in [2.45, 2.75) is 18.9 Å². The Morgan fingerprint density at radius 3 is 2.54 bits per heavy atom. The molecular formula is C16H19N5O3. The van der Waals surface area contributed by atoms with Crippen LogP contribution in [0, 0.1) is 0 Å². The van der Waals surface area contributed by atoms with Crippen molar-refractivity contribution in [1.29, 1.82) is 0 Å². The normalized spacial score (nSPS) is 19.0. The van der Waals surface area contributed by atoms with E-state index in [1.54, 1.807) is 17.0 Å². The van der Waals surface area contributed by atoms with Gasteiger partial charge in [-0.25, -0.2) is 9.78 Å². The molecule has 2 aromatic heterocycles. The Morgan fingerprint density at radius 1 is 1.17 bits per heavy atom. The van der Waals surface area contributed by atoms with Gasteiger partial charge in [-0.3, -0.25) is 24.0 Å². The van der Waals surface area contributed by atoms with Crippen molar-refractivity contribution in [3.63, 3.8) is 0 Å². The van der Waals surface area contributed by atoms with E-state index in [0.29, 0.717) is 24.5 Å². The van der Waals surface area contributed by atoms with Crippen LogP contribution in [0.1, 0.15) is 23.3 Å². The molecule has 1 aliphatic carbocycles. The summed E-state index contributed by atoms with van der Waals surface area (Å²) in [4.78, 5) is 47.0. The predicted octanol–water partition coefficient (Wildman–Crippen LogP) is -0.458. The zero-order valence-corrected chi connectivity index (χ0v) is 13.5. The Balaban J connectivity index is 1.61. The third-order valence-electron chi connectivity index (χ3n) is 4.85. The van der Waals surface area contributed by atoms with E-state index < -0.39 is 11.2 Å². The van der Waals surface area contributed by atoms with Crippen molar-refractivity contribution in [3.8, 4) is 0 Å². The standard InChI is InChI=1S/C16H19N5O3/c1-19-13-11(14(22)18-16(19)24)4-5-12(17-13)15(23)21-8-6-20(7-9-21)10-2-3-10/h4-5,10H,2-3,6-9H2,1H3,(H,18,22,24). The number of nitrogens with zero attached hydrogens (tertiary/aromatic N) is 4. The molecule has 1 saturated heterocycles. The van der Waals surface area contributed by atoms with Crippen LogP contribution < -0.4 is 11.2 Å². The van der Waals surface area contributed by atoms with E-state index >= 15 is 0 Å². The molecule has 8 heteroatoms. The summed E-state index contributed by atoms with van der Waals surface area (Å²) in [6, 6.07) is 3.81. The van der Waals surface area contributed by atoms with Gasteiger partial charge in [0, 0.05) is 39.3 Å². The molecule has 0 radical (unpaired) electrons. The molecule has 0 aromatic carbocycles. The smallest absolute Gasteiger partial charge is 0.329 e. The first-order valence-corrected chi connectivity index (χ1v) is 8.18.